The summed E-state index contributed by atoms with van der Waals surface area (Å²) in [4.78, 5) is 18.1. The Morgan fingerprint density at radius 3 is 3.20 bits per heavy atom. The maximum atomic E-state index is 12.7. The first-order chi connectivity index (χ1) is 9.74. The van der Waals surface area contributed by atoms with E-state index >= 15 is 0 Å². The quantitative estimate of drug-likeness (QED) is 0.739. The fourth-order valence-electron chi connectivity index (χ4n) is 2.74. The Kier molecular flexibility index (Phi) is 2.64. The van der Waals surface area contributed by atoms with Crippen molar-refractivity contribution < 1.29 is 4.52 Å². The Bertz CT molecular complexity index is 902. The molecule has 3 aromatic rings. The molecular weight excluding hydrogens is 294 g/mol. The minimum atomic E-state index is -0.0221. The van der Waals surface area contributed by atoms with Gasteiger partial charge in [-0.15, -0.1) is 11.3 Å². The second kappa shape index (κ2) is 4.39. The molecule has 0 saturated carbocycles. The number of nitrogens with zero attached hydrogens (tertiary/aromatic N) is 2. The number of hydrogen-bond donors (Lipinski definition) is 1. The standard InChI is InChI=1S/C13H11N3O2S2/c17-12-10-8-2-1-3-9(8)20-11(10)14-13(19)16(12)6-7-4-5-18-15-7/h4-5H,1-3,6H2,(H,14,19). The maximum Gasteiger partial charge on any atom is 0.263 e. The van der Waals surface area contributed by atoms with Gasteiger partial charge in [0.15, 0.2) is 4.77 Å². The van der Waals surface area contributed by atoms with Gasteiger partial charge in [0.05, 0.1) is 11.9 Å². The monoisotopic (exact) mass is 305 g/mol. The van der Waals surface area contributed by atoms with Crippen LogP contribution in [0.2, 0.25) is 0 Å². The molecule has 1 aliphatic carbocycles. The number of aryl methyl sites for hydroxylation is 2. The number of aromatic nitrogens is 3. The van der Waals surface area contributed by atoms with E-state index in [2.05, 4.69) is 10.1 Å². The number of H-pyrrole nitrogens is 1. The van der Waals surface area contributed by atoms with Crippen molar-refractivity contribution in [2.24, 2.45) is 0 Å². The molecular formula is C13H11N3O2S2. The number of aromatic amines is 1. The van der Waals surface area contributed by atoms with E-state index in [0.717, 1.165) is 29.5 Å². The number of rotatable bonds is 2. The van der Waals surface area contributed by atoms with E-state index in [4.69, 9.17) is 16.7 Å². The van der Waals surface area contributed by atoms with Gasteiger partial charge in [0.1, 0.15) is 16.8 Å². The van der Waals surface area contributed by atoms with E-state index in [1.54, 1.807) is 22.0 Å². The smallest absolute Gasteiger partial charge is 0.263 e. The van der Waals surface area contributed by atoms with Crippen LogP contribution in [0.1, 0.15) is 22.6 Å². The van der Waals surface area contributed by atoms with Crippen LogP contribution in [0.3, 0.4) is 0 Å². The Morgan fingerprint density at radius 1 is 1.50 bits per heavy atom. The summed E-state index contributed by atoms with van der Waals surface area (Å²) in [5, 5.41) is 4.65. The summed E-state index contributed by atoms with van der Waals surface area (Å²) < 4.78 is 6.80. The summed E-state index contributed by atoms with van der Waals surface area (Å²) in [6, 6.07) is 1.74. The molecule has 0 aromatic carbocycles. The molecule has 102 valence electrons. The van der Waals surface area contributed by atoms with E-state index in [1.165, 1.54) is 16.7 Å². The Labute approximate surface area is 122 Å². The Morgan fingerprint density at radius 2 is 2.40 bits per heavy atom. The van der Waals surface area contributed by atoms with E-state index in [1.807, 2.05) is 0 Å². The fraction of sp³-hybridized carbons (Fsp3) is 0.308. The molecule has 0 radical (unpaired) electrons. The highest BCUT2D eigenvalue weighted by atomic mass is 32.1. The molecule has 7 heteroatoms. The highest BCUT2D eigenvalue weighted by Gasteiger charge is 2.21. The van der Waals surface area contributed by atoms with Crippen LogP contribution in [0.5, 0.6) is 0 Å². The molecule has 0 fully saturated rings. The van der Waals surface area contributed by atoms with Crippen molar-refractivity contribution in [2.75, 3.05) is 0 Å². The average molecular weight is 305 g/mol. The molecule has 1 aliphatic rings. The number of hydrogen-bond acceptors (Lipinski definition) is 5. The molecule has 3 aromatic heterocycles. The first-order valence-corrected chi connectivity index (χ1v) is 7.63. The zero-order chi connectivity index (χ0) is 13.7. The average Bonchev–Trinajstić information content (AvgIpc) is 3.09. The van der Waals surface area contributed by atoms with Crippen molar-refractivity contribution in [1.82, 2.24) is 14.7 Å². The lowest BCUT2D eigenvalue weighted by Gasteiger charge is -2.04. The molecule has 0 atom stereocenters. The second-order valence-corrected chi connectivity index (χ2v) is 6.37. The van der Waals surface area contributed by atoms with Gasteiger partial charge >= 0.3 is 0 Å². The normalized spacial score (nSPS) is 14.0. The summed E-state index contributed by atoms with van der Waals surface area (Å²) in [6.45, 7) is 0.339. The Balaban J connectivity index is 1.97. The van der Waals surface area contributed by atoms with Gasteiger partial charge in [0, 0.05) is 10.9 Å². The van der Waals surface area contributed by atoms with Gasteiger partial charge in [-0.25, -0.2) is 0 Å². The van der Waals surface area contributed by atoms with Crippen molar-refractivity contribution >= 4 is 33.8 Å². The van der Waals surface area contributed by atoms with Gasteiger partial charge in [-0.05, 0) is 37.0 Å². The largest absolute Gasteiger partial charge is 0.364 e. The van der Waals surface area contributed by atoms with Crippen molar-refractivity contribution in [2.45, 2.75) is 25.8 Å². The van der Waals surface area contributed by atoms with Gasteiger partial charge < -0.3 is 9.51 Å². The molecule has 0 bridgehead atoms. The van der Waals surface area contributed by atoms with Crippen molar-refractivity contribution in [3.05, 3.63) is 43.6 Å². The molecule has 0 aliphatic heterocycles. The lowest BCUT2D eigenvalue weighted by atomic mass is 10.2. The predicted octanol–water partition coefficient (Wildman–Crippen LogP) is 2.65. The minimum Gasteiger partial charge on any atom is -0.364 e. The predicted molar refractivity (Wildman–Crippen MR) is 78.9 cm³/mol. The fourth-order valence-corrected chi connectivity index (χ4v) is 4.33. The topological polar surface area (TPSA) is 63.8 Å². The number of thiophene rings is 1. The lowest BCUT2D eigenvalue weighted by molar-refractivity contribution is 0.409. The molecule has 1 N–H and O–H groups in total. The minimum absolute atomic E-state index is 0.0221. The third kappa shape index (κ3) is 1.70. The van der Waals surface area contributed by atoms with Gasteiger partial charge in [0.25, 0.3) is 5.56 Å². The van der Waals surface area contributed by atoms with Crippen molar-refractivity contribution in [3.63, 3.8) is 0 Å². The number of fused-ring (bicyclic) bond motifs is 3. The maximum absolute atomic E-state index is 12.7. The van der Waals surface area contributed by atoms with E-state index in [9.17, 15) is 4.79 Å². The van der Waals surface area contributed by atoms with Crippen LogP contribution in [-0.2, 0) is 19.4 Å². The molecule has 0 unspecified atom stereocenters. The van der Waals surface area contributed by atoms with Crippen molar-refractivity contribution in [1.29, 1.82) is 0 Å². The zero-order valence-electron chi connectivity index (χ0n) is 10.5. The van der Waals surface area contributed by atoms with Crippen LogP contribution in [0, 0.1) is 4.77 Å². The molecule has 5 nitrogen and oxygen atoms in total. The second-order valence-electron chi connectivity index (χ2n) is 4.87. The highest BCUT2D eigenvalue weighted by molar-refractivity contribution is 7.71. The molecule has 0 amide bonds. The third-order valence-electron chi connectivity index (χ3n) is 3.66. The first kappa shape index (κ1) is 12.0. The SMILES string of the molecule is O=c1c2c3c(sc2[nH]c(=S)n1Cc1ccon1)CCC3. The zero-order valence-corrected chi connectivity index (χ0v) is 12.1. The first-order valence-electron chi connectivity index (χ1n) is 6.40. The van der Waals surface area contributed by atoms with Crippen LogP contribution in [0.4, 0.5) is 0 Å². The third-order valence-corrected chi connectivity index (χ3v) is 5.19. The van der Waals surface area contributed by atoms with Gasteiger partial charge in [-0.1, -0.05) is 5.16 Å². The van der Waals surface area contributed by atoms with Gasteiger partial charge in [-0.3, -0.25) is 9.36 Å². The van der Waals surface area contributed by atoms with Crippen molar-refractivity contribution in [3.8, 4) is 0 Å². The molecule has 3 heterocycles. The molecule has 0 spiro atoms. The highest BCUT2D eigenvalue weighted by Crippen LogP contribution is 2.34. The summed E-state index contributed by atoms with van der Waals surface area (Å²) in [5.41, 5.74) is 1.87. The van der Waals surface area contributed by atoms with Crippen LogP contribution >= 0.6 is 23.6 Å². The summed E-state index contributed by atoms with van der Waals surface area (Å²) in [7, 11) is 0. The number of nitrogens with one attached hydrogen (secondary N) is 1. The molecule has 0 saturated heterocycles. The molecule has 4 rings (SSSR count). The van der Waals surface area contributed by atoms with Gasteiger partial charge in [-0.2, -0.15) is 0 Å². The van der Waals surface area contributed by atoms with Crippen LogP contribution in [0.15, 0.2) is 21.6 Å². The molecule has 20 heavy (non-hydrogen) atoms. The van der Waals surface area contributed by atoms with Crippen LogP contribution < -0.4 is 5.56 Å². The summed E-state index contributed by atoms with van der Waals surface area (Å²) in [5.74, 6) is 0. The van der Waals surface area contributed by atoms with Crippen LogP contribution in [0.25, 0.3) is 10.2 Å². The van der Waals surface area contributed by atoms with Crippen LogP contribution in [-0.4, -0.2) is 14.7 Å². The van der Waals surface area contributed by atoms with Gasteiger partial charge in [0.2, 0.25) is 0 Å². The van der Waals surface area contributed by atoms with E-state index in [0.29, 0.717) is 17.0 Å². The lowest BCUT2D eigenvalue weighted by Crippen LogP contribution is -2.23. The Hall–Kier alpha value is -1.73. The summed E-state index contributed by atoms with van der Waals surface area (Å²) in [6.07, 6.45) is 4.68. The van der Waals surface area contributed by atoms with E-state index < -0.39 is 0 Å². The van der Waals surface area contributed by atoms with E-state index in [-0.39, 0.29) is 5.56 Å². The summed E-state index contributed by atoms with van der Waals surface area (Å²) >= 11 is 6.96.